The van der Waals surface area contributed by atoms with Crippen molar-refractivity contribution in [2.45, 2.75) is 4.90 Å². The molecule has 12 heteroatoms. The van der Waals surface area contributed by atoms with Gasteiger partial charge in [-0.15, -0.1) is 0 Å². The van der Waals surface area contributed by atoms with Crippen LogP contribution < -0.4 is 10.2 Å². The Kier molecular flexibility index (Phi) is 5.94. The fraction of sp³-hybridized carbons (Fsp3) is 0.172. The molecule has 0 saturated carbocycles. The summed E-state index contributed by atoms with van der Waals surface area (Å²) in [5.74, 6) is 0.720. The number of sulfonamides is 1. The van der Waals surface area contributed by atoms with Crippen LogP contribution in [0.25, 0.3) is 40.0 Å². The van der Waals surface area contributed by atoms with Gasteiger partial charge in [-0.2, -0.15) is 0 Å². The van der Waals surface area contributed by atoms with Crippen LogP contribution in [0.4, 0.5) is 16.3 Å². The molecular formula is C29H25N7O4S. The van der Waals surface area contributed by atoms with Crippen molar-refractivity contribution < 1.29 is 17.9 Å². The fourth-order valence-corrected chi connectivity index (χ4v) is 6.30. The maximum Gasteiger partial charge on any atom is 0.335 e. The van der Waals surface area contributed by atoms with Crippen molar-refractivity contribution in [3.8, 4) is 11.3 Å². The van der Waals surface area contributed by atoms with Crippen molar-refractivity contribution >= 4 is 56.3 Å². The number of ether oxygens (including phenoxy) is 1. The summed E-state index contributed by atoms with van der Waals surface area (Å²) in [5, 5.41) is 3.69. The van der Waals surface area contributed by atoms with E-state index in [0.29, 0.717) is 53.2 Å². The van der Waals surface area contributed by atoms with Crippen LogP contribution in [0, 0.1) is 0 Å². The smallest absolute Gasteiger partial charge is 0.335 e. The first-order valence-corrected chi connectivity index (χ1v) is 14.5. The molecular weight excluding hydrogens is 542 g/mol. The van der Waals surface area contributed by atoms with E-state index in [1.807, 2.05) is 59.1 Å². The van der Waals surface area contributed by atoms with E-state index in [9.17, 15) is 13.2 Å². The van der Waals surface area contributed by atoms with Gasteiger partial charge >= 0.3 is 6.03 Å². The molecule has 1 fully saturated rings. The van der Waals surface area contributed by atoms with Crippen molar-refractivity contribution in [2.24, 2.45) is 0 Å². The molecule has 1 N–H and O–H groups in total. The lowest BCUT2D eigenvalue weighted by molar-refractivity contribution is 0.122. The fourth-order valence-electron chi connectivity index (χ4n) is 5.07. The van der Waals surface area contributed by atoms with E-state index in [1.165, 1.54) is 7.05 Å². The number of anilines is 2. The second-order valence-electron chi connectivity index (χ2n) is 9.80. The summed E-state index contributed by atoms with van der Waals surface area (Å²) < 4.78 is 34.2. The normalized spacial score (nSPS) is 16.9. The number of amides is 2. The maximum absolute atomic E-state index is 13.0. The summed E-state index contributed by atoms with van der Waals surface area (Å²) in [5.41, 5.74) is 4.57. The number of para-hydroxylation sites is 1. The minimum absolute atomic E-state index is 0.0186. The van der Waals surface area contributed by atoms with Crippen LogP contribution in [0.3, 0.4) is 0 Å². The lowest BCUT2D eigenvalue weighted by Crippen LogP contribution is -2.41. The zero-order valence-corrected chi connectivity index (χ0v) is 22.9. The number of fused-ring (bicyclic) bond motifs is 3. The largest absolute Gasteiger partial charge is 0.378 e. The van der Waals surface area contributed by atoms with E-state index in [0.717, 1.165) is 22.4 Å². The number of benzene rings is 2. The maximum atomic E-state index is 13.0. The predicted octanol–water partition coefficient (Wildman–Crippen LogP) is 4.12. The van der Waals surface area contributed by atoms with Gasteiger partial charge in [0, 0.05) is 37.3 Å². The van der Waals surface area contributed by atoms with Crippen LogP contribution in [-0.2, 0) is 14.8 Å². The first-order valence-electron chi connectivity index (χ1n) is 13.1. The van der Waals surface area contributed by atoms with E-state index < -0.39 is 16.1 Å². The first-order chi connectivity index (χ1) is 19.9. The molecule has 3 aromatic heterocycles. The predicted molar refractivity (Wildman–Crippen MR) is 156 cm³/mol. The molecule has 2 aliphatic rings. The zero-order chi connectivity index (χ0) is 28.1. The summed E-state index contributed by atoms with van der Waals surface area (Å²) in [6, 6.07) is 16.2. The van der Waals surface area contributed by atoms with E-state index in [1.54, 1.807) is 24.4 Å². The molecule has 0 bridgehead atoms. The number of imidazole rings is 1. The highest BCUT2D eigenvalue weighted by Crippen LogP contribution is 2.34. The summed E-state index contributed by atoms with van der Waals surface area (Å²) in [4.78, 5) is 28.7. The Labute approximate surface area is 235 Å². The van der Waals surface area contributed by atoms with Gasteiger partial charge in [-0.3, -0.25) is 4.40 Å². The third-order valence-corrected chi connectivity index (χ3v) is 9.07. The van der Waals surface area contributed by atoms with Gasteiger partial charge in [-0.25, -0.2) is 32.5 Å². The second-order valence-corrected chi connectivity index (χ2v) is 11.7. The van der Waals surface area contributed by atoms with Crippen LogP contribution in [0.5, 0.6) is 0 Å². The standard InChI is InChI=1S/C29H25N7O4S/c1-34-29(37)33-24-11-7-20(16-26(24)41(34,38)39)25-17-30-27(35-12-14-40-15-13-35)28-32-22(18-36(25)28)10-9-21-8-6-19-4-2-3-5-23(19)31-21/h2-11,16-18H,12-15H2,1H3,(H,33,37). The number of carbonyl (C=O) groups excluding carboxylic acids is 1. The first kappa shape index (κ1) is 25.2. The molecule has 2 aliphatic heterocycles. The van der Waals surface area contributed by atoms with Crippen LogP contribution in [0.1, 0.15) is 11.4 Å². The van der Waals surface area contributed by atoms with Gasteiger partial charge < -0.3 is 15.0 Å². The Bertz CT molecular complexity index is 1980. The van der Waals surface area contributed by atoms with Gasteiger partial charge in [0.2, 0.25) is 0 Å². The zero-order valence-electron chi connectivity index (χ0n) is 22.1. The number of pyridine rings is 1. The number of urea groups is 1. The number of hydrogen-bond acceptors (Lipinski definition) is 8. The summed E-state index contributed by atoms with van der Waals surface area (Å²) in [7, 11) is -2.76. The lowest BCUT2D eigenvalue weighted by Gasteiger charge is -2.28. The molecule has 2 aromatic carbocycles. The second kappa shape index (κ2) is 9.68. The molecule has 5 heterocycles. The van der Waals surface area contributed by atoms with Crippen molar-refractivity contribution in [3.05, 3.63) is 78.4 Å². The summed E-state index contributed by atoms with van der Waals surface area (Å²) in [6.45, 7) is 2.56. The van der Waals surface area contributed by atoms with Gasteiger partial charge in [-0.1, -0.05) is 30.3 Å². The molecule has 206 valence electrons. The van der Waals surface area contributed by atoms with Gasteiger partial charge in [0.05, 0.1) is 47.7 Å². The monoisotopic (exact) mass is 567 g/mol. The number of carbonyl (C=O) groups is 1. The highest BCUT2D eigenvalue weighted by molar-refractivity contribution is 7.90. The van der Waals surface area contributed by atoms with Crippen LogP contribution >= 0.6 is 0 Å². The molecule has 2 amide bonds. The van der Waals surface area contributed by atoms with Gasteiger partial charge in [0.1, 0.15) is 4.90 Å². The topological polar surface area (TPSA) is 122 Å². The van der Waals surface area contributed by atoms with Crippen molar-refractivity contribution in [3.63, 3.8) is 0 Å². The van der Waals surface area contributed by atoms with Crippen molar-refractivity contribution in [2.75, 3.05) is 43.6 Å². The molecule has 0 radical (unpaired) electrons. The number of nitrogens with one attached hydrogen (secondary N) is 1. The highest BCUT2D eigenvalue weighted by Gasteiger charge is 2.34. The van der Waals surface area contributed by atoms with E-state index in [2.05, 4.69) is 10.2 Å². The Hall–Kier alpha value is -4.81. The average Bonchev–Trinajstić information content (AvgIpc) is 3.43. The molecule has 7 rings (SSSR count). The Morgan fingerprint density at radius 3 is 2.63 bits per heavy atom. The molecule has 41 heavy (non-hydrogen) atoms. The molecule has 0 atom stereocenters. The van der Waals surface area contributed by atoms with Crippen LogP contribution in [0.15, 0.2) is 71.9 Å². The average molecular weight is 568 g/mol. The van der Waals surface area contributed by atoms with Crippen LogP contribution in [0.2, 0.25) is 0 Å². The lowest BCUT2D eigenvalue weighted by atomic mass is 10.1. The number of rotatable bonds is 4. The van der Waals surface area contributed by atoms with Gasteiger partial charge in [0.25, 0.3) is 10.0 Å². The number of hydrogen-bond donors (Lipinski definition) is 1. The van der Waals surface area contributed by atoms with Gasteiger partial charge in [0.15, 0.2) is 11.5 Å². The quantitative estimate of drug-likeness (QED) is 0.344. The Morgan fingerprint density at radius 2 is 1.78 bits per heavy atom. The Morgan fingerprint density at radius 1 is 0.976 bits per heavy atom. The summed E-state index contributed by atoms with van der Waals surface area (Å²) >= 11 is 0. The molecule has 1 saturated heterocycles. The molecule has 0 spiro atoms. The number of aromatic nitrogens is 4. The molecule has 0 unspecified atom stereocenters. The van der Waals surface area contributed by atoms with E-state index >= 15 is 0 Å². The van der Waals surface area contributed by atoms with Crippen molar-refractivity contribution in [1.82, 2.24) is 23.7 Å². The number of morpholine rings is 1. The minimum atomic E-state index is -3.99. The van der Waals surface area contributed by atoms with Crippen molar-refractivity contribution in [1.29, 1.82) is 0 Å². The third kappa shape index (κ3) is 4.37. The third-order valence-electron chi connectivity index (χ3n) is 7.29. The molecule has 11 nitrogen and oxygen atoms in total. The Balaban J connectivity index is 1.34. The van der Waals surface area contributed by atoms with Gasteiger partial charge in [-0.05, 0) is 36.4 Å². The molecule has 5 aromatic rings. The SMILES string of the molecule is CN1C(=O)Nc2ccc(-c3cnc(N4CCOCC4)c4nc(C=Cc5ccc6ccccc6n5)cn34)cc2S1(=O)=O. The number of nitrogens with zero attached hydrogens (tertiary/aromatic N) is 6. The molecule has 0 aliphatic carbocycles. The minimum Gasteiger partial charge on any atom is -0.378 e. The van der Waals surface area contributed by atoms with E-state index in [-0.39, 0.29) is 10.6 Å². The highest BCUT2D eigenvalue weighted by atomic mass is 32.2. The van der Waals surface area contributed by atoms with Crippen LogP contribution in [-0.4, -0.2) is 71.5 Å². The van der Waals surface area contributed by atoms with E-state index in [4.69, 9.17) is 19.7 Å². The summed E-state index contributed by atoms with van der Waals surface area (Å²) in [6.07, 6.45) is 7.44.